The first-order chi connectivity index (χ1) is 11.2. The van der Waals surface area contributed by atoms with Gasteiger partial charge in [0.05, 0.1) is 6.20 Å². The highest BCUT2D eigenvalue weighted by atomic mass is 16.4. The molecule has 1 fully saturated rings. The number of nitrogens with one attached hydrogen (secondary N) is 2. The van der Waals surface area contributed by atoms with Crippen molar-refractivity contribution in [2.24, 2.45) is 5.92 Å². The second-order valence-electron chi connectivity index (χ2n) is 6.13. The van der Waals surface area contributed by atoms with Gasteiger partial charge in [-0.05, 0) is 18.9 Å². The first kappa shape index (κ1) is 15.7. The highest BCUT2D eigenvalue weighted by Crippen LogP contribution is 2.20. The van der Waals surface area contributed by atoms with Crippen LogP contribution in [0.25, 0.3) is 11.3 Å². The van der Waals surface area contributed by atoms with Gasteiger partial charge in [0.2, 0.25) is 5.91 Å². The number of oxazole rings is 1. The van der Waals surface area contributed by atoms with Crippen molar-refractivity contribution in [3.05, 3.63) is 42.4 Å². The number of piperidine rings is 1. The molecule has 1 saturated heterocycles. The Hall–Kier alpha value is -2.14. The van der Waals surface area contributed by atoms with Crippen molar-refractivity contribution in [1.29, 1.82) is 0 Å². The van der Waals surface area contributed by atoms with E-state index in [0.29, 0.717) is 24.7 Å². The molecule has 0 saturated carbocycles. The van der Waals surface area contributed by atoms with E-state index in [1.54, 1.807) is 6.20 Å². The molecule has 2 aromatic rings. The quantitative estimate of drug-likeness (QED) is 0.889. The lowest BCUT2D eigenvalue weighted by atomic mass is 9.95. The molecular weight excluding hydrogens is 290 g/mol. The highest BCUT2D eigenvalue weighted by molar-refractivity contribution is 5.76. The molecule has 5 heteroatoms. The topological polar surface area (TPSA) is 67.2 Å². The fourth-order valence-electron chi connectivity index (χ4n) is 2.84. The summed E-state index contributed by atoms with van der Waals surface area (Å²) < 4.78 is 5.73. The van der Waals surface area contributed by atoms with Crippen LogP contribution >= 0.6 is 0 Å². The van der Waals surface area contributed by atoms with Crippen molar-refractivity contribution in [2.45, 2.75) is 32.2 Å². The van der Waals surface area contributed by atoms with Crippen LogP contribution in [0, 0.1) is 5.92 Å². The van der Waals surface area contributed by atoms with Crippen molar-refractivity contribution in [1.82, 2.24) is 15.6 Å². The molecule has 1 amide bonds. The van der Waals surface area contributed by atoms with Gasteiger partial charge in [0, 0.05) is 31.0 Å². The number of amides is 1. The lowest BCUT2D eigenvalue weighted by Gasteiger charge is -2.30. The SMILES string of the molecule is CC1CCNCC1NC(=O)CCc1ncc(-c2ccccc2)o1. The second kappa shape index (κ2) is 7.42. The summed E-state index contributed by atoms with van der Waals surface area (Å²) in [6.45, 7) is 4.07. The standard InChI is InChI=1S/C18H23N3O2/c1-13-9-10-19-11-15(13)21-17(22)7-8-18-20-12-16(23-18)14-5-3-2-4-6-14/h2-6,12-13,15,19H,7-11H2,1H3,(H,21,22). The molecule has 0 bridgehead atoms. The maximum absolute atomic E-state index is 12.1. The first-order valence-corrected chi connectivity index (χ1v) is 8.22. The van der Waals surface area contributed by atoms with Gasteiger partial charge in [0.25, 0.3) is 0 Å². The van der Waals surface area contributed by atoms with Crippen LogP contribution in [0.3, 0.4) is 0 Å². The van der Waals surface area contributed by atoms with E-state index < -0.39 is 0 Å². The van der Waals surface area contributed by atoms with Gasteiger partial charge in [-0.15, -0.1) is 0 Å². The minimum atomic E-state index is 0.0602. The van der Waals surface area contributed by atoms with Crippen LogP contribution < -0.4 is 10.6 Å². The lowest BCUT2D eigenvalue weighted by Crippen LogP contribution is -2.50. The Morgan fingerprint density at radius 3 is 3.00 bits per heavy atom. The van der Waals surface area contributed by atoms with E-state index in [0.717, 1.165) is 30.8 Å². The number of rotatable bonds is 5. The summed E-state index contributed by atoms with van der Waals surface area (Å²) in [4.78, 5) is 16.4. The maximum atomic E-state index is 12.1. The van der Waals surface area contributed by atoms with Crippen molar-refractivity contribution >= 4 is 5.91 Å². The zero-order valence-corrected chi connectivity index (χ0v) is 13.4. The Bertz CT molecular complexity index is 639. The molecule has 3 rings (SSSR count). The zero-order valence-electron chi connectivity index (χ0n) is 13.4. The number of carbonyl (C=O) groups excluding carboxylic acids is 1. The predicted molar refractivity (Wildman–Crippen MR) is 88.8 cm³/mol. The molecule has 5 nitrogen and oxygen atoms in total. The van der Waals surface area contributed by atoms with Crippen molar-refractivity contribution in [3.8, 4) is 11.3 Å². The Balaban J connectivity index is 1.50. The molecule has 2 N–H and O–H groups in total. The monoisotopic (exact) mass is 313 g/mol. The van der Waals surface area contributed by atoms with Crippen LogP contribution in [0.1, 0.15) is 25.7 Å². The summed E-state index contributed by atoms with van der Waals surface area (Å²) >= 11 is 0. The number of hydrogen-bond acceptors (Lipinski definition) is 4. The van der Waals surface area contributed by atoms with Crippen LogP contribution in [-0.4, -0.2) is 30.0 Å². The third-order valence-electron chi connectivity index (χ3n) is 4.35. The number of aromatic nitrogens is 1. The average Bonchev–Trinajstić information content (AvgIpc) is 3.05. The molecule has 2 atom stereocenters. The van der Waals surface area contributed by atoms with Crippen LogP contribution in [0.2, 0.25) is 0 Å². The molecule has 1 aromatic heterocycles. The Kier molecular flexibility index (Phi) is 5.08. The van der Waals surface area contributed by atoms with E-state index in [9.17, 15) is 4.79 Å². The summed E-state index contributed by atoms with van der Waals surface area (Å²) in [7, 11) is 0. The van der Waals surface area contributed by atoms with Gasteiger partial charge in [-0.1, -0.05) is 37.3 Å². The molecule has 1 aliphatic rings. The predicted octanol–water partition coefficient (Wildman–Crippen LogP) is 2.39. The maximum Gasteiger partial charge on any atom is 0.220 e. The summed E-state index contributed by atoms with van der Waals surface area (Å²) in [6.07, 6.45) is 3.74. The van der Waals surface area contributed by atoms with E-state index >= 15 is 0 Å². The number of aryl methyl sites for hydroxylation is 1. The minimum absolute atomic E-state index is 0.0602. The first-order valence-electron chi connectivity index (χ1n) is 8.22. The van der Waals surface area contributed by atoms with Gasteiger partial charge in [0.1, 0.15) is 0 Å². The molecule has 2 heterocycles. The molecule has 2 unspecified atom stereocenters. The van der Waals surface area contributed by atoms with Gasteiger partial charge in [0.15, 0.2) is 11.7 Å². The molecule has 0 spiro atoms. The normalized spacial score (nSPS) is 21.1. The molecule has 1 aliphatic heterocycles. The molecule has 23 heavy (non-hydrogen) atoms. The van der Waals surface area contributed by atoms with Gasteiger partial charge < -0.3 is 15.1 Å². The van der Waals surface area contributed by atoms with E-state index in [2.05, 4.69) is 22.5 Å². The van der Waals surface area contributed by atoms with Crippen LogP contribution in [-0.2, 0) is 11.2 Å². The fraction of sp³-hybridized carbons (Fsp3) is 0.444. The fourth-order valence-corrected chi connectivity index (χ4v) is 2.84. The van der Waals surface area contributed by atoms with Gasteiger partial charge in [-0.25, -0.2) is 4.98 Å². The van der Waals surface area contributed by atoms with Crippen LogP contribution in [0.15, 0.2) is 40.9 Å². The van der Waals surface area contributed by atoms with Gasteiger partial charge >= 0.3 is 0 Å². The molecule has 0 aliphatic carbocycles. The van der Waals surface area contributed by atoms with Crippen molar-refractivity contribution in [3.63, 3.8) is 0 Å². The van der Waals surface area contributed by atoms with Gasteiger partial charge in [-0.2, -0.15) is 0 Å². The summed E-state index contributed by atoms with van der Waals surface area (Å²) in [5.74, 6) is 1.93. The number of benzene rings is 1. The van der Waals surface area contributed by atoms with Crippen LogP contribution in [0.5, 0.6) is 0 Å². The third kappa shape index (κ3) is 4.20. The zero-order chi connectivity index (χ0) is 16.1. The van der Waals surface area contributed by atoms with Gasteiger partial charge in [-0.3, -0.25) is 4.79 Å². The van der Waals surface area contributed by atoms with E-state index in [4.69, 9.17) is 4.42 Å². The van der Waals surface area contributed by atoms with Crippen LogP contribution in [0.4, 0.5) is 0 Å². The minimum Gasteiger partial charge on any atom is -0.441 e. The lowest BCUT2D eigenvalue weighted by molar-refractivity contribution is -0.122. The molecular formula is C18H23N3O2. The number of hydrogen-bond donors (Lipinski definition) is 2. The Morgan fingerprint density at radius 2 is 2.22 bits per heavy atom. The van der Waals surface area contributed by atoms with E-state index in [-0.39, 0.29) is 11.9 Å². The highest BCUT2D eigenvalue weighted by Gasteiger charge is 2.22. The average molecular weight is 313 g/mol. The molecule has 122 valence electrons. The smallest absolute Gasteiger partial charge is 0.220 e. The number of carbonyl (C=O) groups is 1. The van der Waals surface area contributed by atoms with E-state index in [1.165, 1.54) is 0 Å². The largest absolute Gasteiger partial charge is 0.441 e. The summed E-state index contributed by atoms with van der Waals surface area (Å²) in [5, 5.41) is 6.43. The molecule has 1 aromatic carbocycles. The Labute approximate surface area is 136 Å². The Morgan fingerprint density at radius 1 is 1.39 bits per heavy atom. The van der Waals surface area contributed by atoms with Crippen molar-refractivity contribution < 1.29 is 9.21 Å². The second-order valence-corrected chi connectivity index (χ2v) is 6.13. The van der Waals surface area contributed by atoms with E-state index in [1.807, 2.05) is 30.3 Å². The van der Waals surface area contributed by atoms with Crippen molar-refractivity contribution in [2.75, 3.05) is 13.1 Å². The third-order valence-corrected chi connectivity index (χ3v) is 4.35. The summed E-state index contributed by atoms with van der Waals surface area (Å²) in [5.41, 5.74) is 0.998. The summed E-state index contributed by atoms with van der Waals surface area (Å²) in [6, 6.07) is 10.1. The number of nitrogens with zero attached hydrogens (tertiary/aromatic N) is 1. The molecule has 0 radical (unpaired) electrons.